The van der Waals surface area contributed by atoms with Crippen molar-refractivity contribution in [1.29, 1.82) is 0 Å². The van der Waals surface area contributed by atoms with Gasteiger partial charge in [-0.25, -0.2) is 8.42 Å². The van der Waals surface area contributed by atoms with E-state index >= 15 is 0 Å². The standard InChI is InChI=1S/C34H30N2O3S/c1-35(24-12-6-4-7-13-24)26-18-20-28-31(22-26)39-32-23-27(36(2)25-14-8-5-9-15-25)19-21-29(32)34(28)30-16-10-11-17-33(30)40(3,37)38/h4-23,31H,1-3H3. The van der Waals surface area contributed by atoms with E-state index in [1.807, 2.05) is 74.8 Å². The minimum Gasteiger partial charge on any atom is -0.481 e. The molecule has 1 unspecified atom stereocenters. The number of hydrogen-bond acceptors (Lipinski definition) is 5. The molecule has 0 spiro atoms. The molecule has 200 valence electrons. The maximum Gasteiger partial charge on any atom is 0.176 e. The van der Waals surface area contributed by atoms with Crippen molar-refractivity contribution < 1.29 is 13.2 Å². The van der Waals surface area contributed by atoms with Gasteiger partial charge in [-0.05, 0) is 54.6 Å². The Bertz CT molecular complexity index is 1770. The van der Waals surface area contributed by atoms with E-state index in [0.717, 1.165) is 39.5 Å². The Labute approximate surface area is 235 Å². The molecule has 40 heavy (non-hydrogen) atoms. The van der Waals surface area contributed by atoms with Gasteiger partial charge in [0.1, 0.15) is 11.9 Å². The van der Waals surface area contributed by atoms with Gasteiger partial charge in [0, 0.05) is 71.4 Å². The Morgan fingerprint density at radius 1 is 0.675 bits per heavy atom. The molecule has 0 saturated carbocycles. The van der Waals surface area contributed by atoms with Crippen LogP contribution in [0.2, 0.25) is 0 Å². The molecule has 1 aliphatic carbocycles. The van der Waals surface area contributed by atoms with Crippen LogP contribution in [0, 0.1) is 0 Å². The highest BCUT2D eigenvalue weighted by Gasteiger charge is 2.32. The first-order valence-corrected chi connectivity index (χ1v) is 15.0. The number of benzene rings is 4. The topological polar surface area (TPSA) is 49.9 Å². The fourth-order valence-electron chi connectivity index (χ4n) is 5.33. The average molecular weight is 547 g/mol. The largest absolute Gasteiger partial charge is 0.481 e. The highest BCUT2D eigenvalue weighted by molar-refractivity contribution is 7.90. The summed E-state index contributed by atoms with van der Waals surface area (Å²) in [5.74, 6) is 0.709. The maximum absolute atomic E-state index is 12.9. The molecule has 6 heteroatoms. The lowest BCUT2D eigenvalue weighted by molar-refractivity contribution is 0.281. The van der Waals surface area contributed by atoms with Crippen LogP contribution < -0.4 is 14.5 Å². The molecule has 0 fully saturated rings. The van der Waals surface area contributed by atoms with Gasteiger partial charge >= 0.3 is 0 Å². The van der Waals surface area contributed by atoms with Crippen LogP contribution in [0.5, 0.6) is 5.75 Å². The molecule has 4 aromatic rings. The Morgan fingerprint density at radius 2 is 1.30 bits per heavy atom. The third-order valence-corrected chi connectivity index (χ3v) is 8.61. The maximum atomic E-state index is 12.9. The first-order chi connectivity index (χ1) is 19.3. The molecule has 0 radical (unpaired) electrons. The van der Waals surface area contributed by atoms with Gasteiger partial charge in [-0.3, -0.25) is 0 Å². The second kappa shape index (κ2) is 10.2. The molecule has 0 N–H and O–H groups in total. The summed E-state index contributed by atoms with van der Waals surface area (Å²) in [5, 5.41) is 0. The summed E-state index contributed by atoms with van der Waals surface area (Å²) in [6.45, 7) is 0. The zero-order valence-corrected chi connectivity index (χ0v) is 23.5. The third-order valence-electron chi connectivity index (χ3n) is 7.46. The fraction of sp³-hybridized carbons (Fsp3) is 0.118. The predicted molar refractivity (Wildman–Crippen MR) is 163 cm³/mol. The molecule has 0 amide bonds. The van der Waals surface area contributed by atoms with Crippen molar-refractivity contribution in [2.75, 3.05) is 30.2 Å². The Balaban J connectivity index is 1.51. The molecule has 4 aromatic carbocycles. The smallest absolute Gasteiger partial charge is 0.176 e. The van der Waals surface area contributed by atoms with Gasteiger partial charge in [0.2, 0.25) is 0 Å². The van der Waals surface area contributed by atoms with Crippen molar-refractivity contribution in [3.63, 3.8) is 0 Å². The van der Waals surface area contributed by atoms with Crippen molar-refractivity contribution in [3.05, 3.63) is 144 Å². The molecule has 1 atom stereocenters. The molecule has 2 aliphatic rings. The van der Waals surface area contributed by atoms with Crippen LogP contribution in [0.15, 0.2) is 138 Å². The van der Waals surface area contributed by atoms with E-state index in [4.69, 9.17) is 4.74 Å². The molecule has 1 aliphatic heterocycles. The minimum absolute atomic E-state index is 0.305. The van der Waals surface area contributed by atoms with Crippen LogP contribution in [0.1, 0.15) is 11.1 Å². The van der Waals surface area contributed by atoms with Crippen LogP contribution in [0.4, 0.5) is 17.1 Å². The molecule has 6 rings (SSSR count). The number of ether oxygens (including phenoxy) is 1. The highest BCUT2D eigenvalue weighted by Crippen LogP contribution is 2.45. The number of rotatable bonds is 6. The van der Waals surface area contributed by atoms with Gasteiger partial charge in [-0.1, -0.05) is 60.7 Å². The van der Waals surface area contributed by atoms with Crippen molar-refractivity contribution in [3.8, 4) is 5.75 Å². The zero-order valence-electron chi connectivity index (χ0n) is 22.7. The fourth-order valence-corrected chi connectivity index (χ4v) is 6.23. The van der Waals surface area contributed by atoms with Crippen molar-refractivity contribution >= 4 is 32.5 Å². The number of anilines is 3. The lowest BCUT2D eigenvalue weighted by Crippen LogP contribution is -2.28. The monoisotopic (exact) mass is 546 g/mol. The summed E-state index contributed by atoms with van der Waals surface area (Å²) in [4.78, 5) is 4.54. The van der Waals surface area contributed by atoms with E-state index in [1.54, 1.807) is 12.1 Å². The summed E-state index contributed by atoms with van der Waals surface area (Å²) in [5.41, 5.74) is 7.44. The Morgan fingerprint density at radius 3 is 1.98 bits per heavy atom. The summed E-state index contributed by atoms with van der Waals surface area (Å²) in [7, 11) is 0.585. The first-order valence-electron chi connectivity index (χ1n) is 13.1. The first kappa shape index (κ1) is 25.7. The van der Waals surface area contributed by atoms with E-state index < -0.39 is 15.9 Å². The molecular formula is C34H30N2O3S. The number of likely N-dealkylation sites (N-methyl/N-ethyl adjacent to an activating group) is 1. The average Bonchev–Trinajstić information content (AvgIpc) is 2.99. The molecule has 0 saturated heterocycles. The third kappa shape index (κ3) is 4.71. The summed E-state index contributed by atoms with van der Waals surface area (Å²) in [6.07, 6.45) is 7.09. The number of fused-ring (bicyclic) bond motifs is 2. The van der Waals surface area contributed by atoms with E-state index in [-0.39, 0.29) is 0 Å². The molecule has 0 bridgehead atoms. The summed E-state index contributed by atoms with van der Waals surface area (Å²) in [6, 6.07) is 33.7. The van der Waals surface area contributed by atoms with Crippen LogP contribution in [-0.4, -0.2) is 34.9 Å². The van der Waals surface area contributed by atoms with Crippen LogP contribution >= 0.6 is 0 Å². The number of hydrogen-bond donors (Lipinski definition) is 0. The second-order valence-electron chi connectivity index (χ2n) is 10.0. The van der Waals surface area contributed by atoms with E-state index in [9.17, 15) is 8.42 Å². The van der Waals surface area contributed by atoms with Gasteiger partial charge in [0.25, 0.3) is 0 Å². The number of para-hydroxylation sites is 2. The highest BCUT2D eigenvalue weighted by atomic mass is 32.2. The normalized spacial score (nSPS) is 16.0. The molecule has 0 aromatic heterocycles. The predicted octanol–water partition coefficient (Wildman–Crippen LogP) is 7.01. The van der Waals surface area contributed by atoms with Crippen molar-refractivity contribution in [2.45, 2.75) is 11.0 Å². The number of nitrogens with zero attached hydrogens (tertiary/aromatic N) is 2. The molecule has 1 heterocycles. The quantitative estimate of drug-likeness (QED) is 0.260. The SMILES string of the molecule is CN(C1=CC2Oc3cc(N(C)c4ccccc4)ccc3C(c3ccccc3S(C)(=O)=O)=C2C=C1)c1ccccc1. The van der Waals surface area contributed by atoms with Gasteiger partial charge in [0.05, 0.1) is 4.90 Å². The van der Waals surface area contributed by atoms with Gasteiger partial charge in [-0.2, -0.15) is 0 Å². The lowest BCUT2D eigenvalue weighted by atomic mass is 9.85. The lowest BCUT2D eigenvalue weighted by Gasteiger charge is -2.34. The number of sulfone groups is 1. The van der Waals surface area contributed by atoms with Gasteiger partial charge in [-0.15, -0.1) is 0 Å². The van der Waals surface area contributed by atoms with E-state index in [1.165, 1.54) is 6.26 Å². The van der Waals surface area contributed by atoms with Crippen LogP contribution in [0.25, 0.3) is 5.57 Å². The van der Waals surface area contributed by atoms with Crippen molar-refractivity contribution in [2.24, 2.45) is 0 Å². The van der Waals surface area contributed by atoms with Crippen LogP contribution in [-0.2, 0) is 9.84 Å². The Hall–Kier alpha value is -4.55. The summed E-state index contributed by atoms with van der Waals surface area (Å²) < 4.78 is 32.4. The number of allylic oxidation sites excluding steroid dienone is 1. The van der Waals surface area contributed by atoms with Crippen molar-refractivity contribution in [1.82, 2.24) is 0 Å². The summed E-state index contributed by atoms with van der Waals surface area (Å²) >= 11 is 0. The van der Waals surface area contributed by atoms with Gasteiger partial charge in [0.15, 0.2) is 9.84 Å². The van der Waals surface area contributed by atoms with Crippen LogP contribution in [0.3, 0.4) is 0 Å². The van der Waals surface area contributed by atoms with Gasteiger partial charge < -0.3 is 14.5 Å². The van der Waals surface area contributed by atoms with E-state index in [0.29, 0.717) is 16.2 Å². The molecular weight excluding hydrogens is 516 g/mol. The second-order valence-corrected chi connectivity index (χ2v) is 12.0. The zero-order chi connectivity index (χ0) is 27.9. The molecule has 5 nitrogen and oxygen atoms in total. The minimum atomic E-state index is -3.47. The Kier molecular flexibility index (Phi) is 6.56. The van der Waals surface area contributed by atoms with E-state index in [2.05, 4.69) is 58.4 Å².